The number of anilines is 2. The molecule has 3 N–H and O–H groups in total. The highest BCUT2D eigenvalue weighted by Crippen LogP contribution is 2.07. The van der Waals surface area contributed by atoms with E-state index in [1.54, 1.807) is 12.3 Å². The van der Waals surface area contributed by atoms with E-state index in [-0.39, 0.29) is 0 Å². The van der Waals surface area contributed by atoms with E-state index >= 15 is 0 Å². The summed E-state index contributed by atoms with van der Waals surface area (Å²) in [6.07, 6.45) is 1.66. The smallest absolute Gasteiger partial charge is 0.224 e. The predicted molar refractivity (Wildman–Crippen MR) is 62.5 cm³/mol. The van der Waals surface area contributed by atoms with Gasteiger partial charge in [0, 0.05) is 18.0 Å². The Kier molecular flexibility index (Phi) is 4.52. The van der Waals surface area contributed by atoms with Gasteiger partial charge in [0.1, 0.15) is 5.82 Å². The second-order valence-electron chi connectivity index (χ2n) is 3.01. The van der Waals surface area contributed by atoms with E-state index in [4.69, 9.17) is 5.73 Å². The van der Waals surface area contributed by atoms with Crippen LogP contribution in [-0.4, -0.2) is 27.5 Å². The minimum Gasteiger partial charge on any atom is -0.384 e. The molecule has 1 heterocycles. The molecule has 1 rings (SSSR count). The van der Waals surface area contributed by atoms with E-state index in [1.807, 2.05) is 11.8 Å². The summed E-state index contributed by atoms with van der Waals surface area (Å²) in [6.45, 7) is 4.25. The molecule has 0 fully saturated rings. The molecular weight excluding hydrogens is 196 g/mol. The maximum absolute atomic E-state index is 5.54. The summed E-state index contributed by atoms with van der Waals surface area (Å²) in [7, 11) is 0. The molecule has 1 atom stereocenters. The molecule has 0 amide bonds. The van der Waals surface area contributed by atoms with Crippen molar-refractivity contribution in [2.45, 2.75) is 19.9 Å². The highest BCUT2D eigenvalue weighted by atomic mass is 32.2. The topological polar surface area (TPSA) is 63.8 Å². The number of nitrogen functional groups attached to an aromatic ring is 1. The average molecular weight is 212 g/mol. The fourth-order valence-electron chi connectivity index (χ4n) is 0.999. The fraction of sp³-hybridized carbons (Fsp3) is 0.556. The third-order valence-corrected chi connectivity index (χ3v) is 2.77. The van der Waals surface area contributed by atoms with Crippen molar-refractivity contribution >= 4 is 23.5 Å². The standard InChI is InChI=1S/C9H16N4S/c1-3-14-6-7(2)12-9-11-5-4-8(10)13-9/h4-5,7H,3,6H2,1-2H3,(H3,10,11,12,13). The number of hydrogen-bond donors (Lipinski definition) is 2. The number of nitrogens with two attached hydrogens (primary N) is 1. The summed E-state index contributed by atoms with van der Waals surface area (Å²) >= 11 is 1.89. The molecule has 78 valence electrons. The molecule has 0 saturated heterocycles. The molecule has 1 unspecified atom stereocenters. The lowest BCUT2D eigenvalue weighted by molar-refractivity contribution is 0.887. The van der Waals surface area contributed by atoms with Crippen LogP contribution >= 0.6 is 11.8 Å². The van der Waals surface area contributed by atoms with E-state index in [2.05, 4.69) is 29.1 Å². The van der Waals surface area contributed by atoms with Crippen molar-refractivity contribution in [1.29, 1.82) is 0 Å². The molecule has 0 radical (unpaired) electrons. The van der Waals surface area contributed by atoms with Gasteiger partial charge in [-0.3, -0.25) is 0 Å². The number of nitrogens with zero attached hydrogens (tertiary/aromatic N) is 2. The second-order valence-corrected chi connectivity index (χ2v) is 4.33. The average Bonchev–Trinajstić information content (AvgIpc) is 2.15. The first-order chi connectivity index (χ1) is 6.72. The van der Waals surface area contributed by atoms with E-state index in [1.165, 1.54) is 0 Å². The Bertz CT molecular complexity index is 279. The van der Waals surface area contributed by atoms with Crippen LogP contribution in [0, 0.1) is 0 Å². The van der Waals surface area contributed by atoms with E-state index in [0.717, 1.165) is 11.5 Å². The van der Waals surface area contributed by atoms with Crippen molar-refractivity contribution in [2.75, 3.05) is 22.6 Å². The molecule has 0 aliphatic heterocycles. The van der Waals surface area contributed by atoms with Gasteiger partial charge in [0.2, 0.25) is 5.95 Å². The fourth-order valence-corrected chi connectivity index (χ4v) is 1.67. The molecule has 0 bridgehead atoms. The molecule has 4 nitrogen and oxygen atoms in total. The third kappa shape index (κ3) is 3.83. The molecule has 1 aromatic rings. The zero-order valence-electron chi connectivity index (χ0n) is 8.53. The Balaban J connectivity index is 2.43. The normalized spacial score (nSPS) is 12.4. The maximum atomic E-state index is 5.54. The molecule has 0 aromatic carbocycles. The number of thioether (sulfide) groups is 1. The van der Waals surface area contributed by atoms with Crippen LogP contribution in [0.1, 0.15) is 13.8 Å². The van der Waals surface area contributed by atoms with Gasteiger partial charge in [0.05, 0.1) is 0 Å². The minimum atomic E-state index is 0.363. The minimum absolute atomic E-state index is 0.363. The van der Waals surface area contributed by atoms with Gasteiger partial charge in [-0.25, -0.2) is 4.98 Å². The van der Waals surface area contributed by atoms with Gasteiger partial charge in [-0.15, -0.1) is 0 Å². The first kappa shape index (κ1) is 11.1. The van der Waals surface area contributed by atoms with Gasteiger partial charge in [0.25, 0.3) is 0 Å². The van der Waals surface area contributed by atoms with Crippen LogP contribution in [0.15, 0.2) is 12.3 Å². The largest absolute Gasteiger partial charge is 0.384 e. The highest BCUT2D eigenvalue weighted by Gasteiger charge is 2.03. The Hall–Kier alpha value is -0.970. The van der Waals surface area contributed by atoms with Gasteiger partial charge in [-0.05, 0) is 18.7 Å². The van der Waals surface area contributed by atoms with Gasteiger partial charge in [0.15, 0.2) is 0 Å². The molecule has 0 aliphatic rings. The summed E-state index contributed by atoms with van der Waals surface area (Å²) in [5.74, 6) is 3.28. The predicted octanol–water partition coefficient (Wildman–Crippen LogP) is 1.61. The Morgan fingerprint density at radius 3 is 3.07 bits per heavy atom. The van der Waals surface area contributed by atoms with Crippen LogP contribution in [0.2, 0.25) is 0 Å². The second kappa shape index (κ2) is 5.70. The molecule has 0 saturated carbocycles. The first-order valence-electron chi connectivity index (χ1n) is 4.65. The summed E-state index contributed by atoms with van der Waals surface area (Å²) in [6, 6.07) is 2.04. The van der Waals surface area contributed by atoms with Crippen LogP contribution in [0.25, 0.3) is 0 Å². The van der Waals surface area contributed by atoms with Crippen LogP contribution < -0.4 is 11.1 Å². The Labute approximate surface area is 88.7 Å². The summed E-state index contributed by atoms with van der Waals surface area (Å²) < 4.78 is 0. The lowest BCUT2D eigenvalue weighted by Crippen LogP contribution is -2.19. The van der Waals surface area contributed by atoms with Gasteiger partial charge >= 0.3 is 0 Å². The SMILES string of the molecule is CCSCC(C)Nc1nccc(N)n1. The quantitative estimate of drug-likeness (QED) is 0.776. The van der Waals surface area contributed by atoms with Crippen LogP contribution in [-0.2, 0) is 0 Å². The van der Waals surface area contributed by atoms with Crippen molar-refractivity contribution in [1.82, 2.24) is 9.97 Å². The van der Waals surface area contributed by atoms with Gasteiger partial charge in [-0.2, -0.15) is 16.7 Å². The highest BCUT2D eigenvalue weighted by molar-refractivity contribution is 7.99. The molecule has 14 heavy (non-hydrogen) atoms. The Morgan fingerprint density at radius 2 is 2.43 bits per heavy atom. The van der Waals surface area contributed by atoms with Crippen molar-refractivity contribution in [3.05, 3.63) is 12.3 Å². The molecular formula is C9H16N4S. The van der Waals surface area contributed by atoms with Crippen LogP contribution in [0.3, 0.4) is 0 Å². The summed E-state index contributed by atoms with van der Waals surface area (Å²) in [5, 5.41) is 3.19. The lowest BCUT2D eigenvalue weighted by atomic mass is 10.4. The maximum Gasteiger partial charge on any atom is 0.224 e. The Morgan fingerprint density at radius 1 is 1.64 bits per heavy atom. The number of nitrogens with one attached hydrogen (secondary N) is 1. The summed E-state index contributed by atoms with van der Waals surface area (Å²) in [5.41, 5.74) is 5.54. The number of hydrogen-bond acceptors (Lipinski definition) is 5. The molecule has 0 spiro atoms. The molecule has 0 aliphatic carbocycles. The monoisotopic (exact) mass is 212 g/mol. The zero-order chi connectivity index (χ0) is 10.4. The third-order valence-electron chi connectivity index (χ3n) is 1.62. The van der Waals surface area contributed by atoms with Crippen molar-refractivity contribution < 1.29 is 0 Å². The van der Waals surface area contributed by atoms with Crippen LogP contribution in [0.5, 0.6) is 0 Å². The van der Waals surface area contributed by atoms with Gasteiger partial charge < -0.3 is 11.1 Å². The number of rotatable bonds is 5. The van der Waals surface area contributed by atoms with E-state index in [9.17, 15) is 0 Å². The van der Waals surface area contributed by atoms with Crippen molar-refractivity contribution in [2.24, 2.45) is 0 Å². The summed E-state index contributed by atoms with van der Waals surface area (Å²) in [4.78, 5) is 8.14. The molecule has 1 aromatic heterocycles. The molecule has 5 heteroatoms. The van der Waals surface area contributed by atoms with E-state index < -0.39 is 0 Å². The first-order valence-corrected chi connectivity index (χ1v) is 5.80. The van der Waals surface area contributed by atoms with Crippen LogP contribution in [0.4, 0.5) is 11.8 Å². The van der Waals surface area contributed by atoms with Crippen molar-refractivity contribution in [3.63, 3.8) is 0 Å². The number of aromatic nitrogens is 2. The van der Waals surface area contributed by atoms with E-state index in [0.29, 0.717) is 17.8 Å². The van der Waals surface area contributed by atoms with Crippen molar-refractivity contribution in [3.8, 4) is 0 Å². The van der Waals surface area contributed by atoms with Gasteiger partial charge in [-0.1, -0.05) is 6.92 Å². The zero-order valence-corrected chi connectivity index (χ0v) is 9.34. The lowest BCUT2D eigenvalue weighted by Gasteiger charge is -2.12.